The first-order chi connectivity index (χ1) is 16.3. The summed E-state index contributed by atoms with van der Waals surface area (Å²) in [5.41, 5.74) is 0.755. The number of rotatable bonds is 7. The standard InChI is InChI=1S/C24H28ClN3O5S/c25-18-9-11-20(12-10-18)34(31,32)28-13-3-5-17(16-28)23(29)27-22-8-2-1-7-21(22)24(30)26-15-19-6-4-14-33-19/h1-2,7-12,17,19H,3-6,13-16H2,(H,26,30)(H,27,29)/t17-,19-/m1/s1. The summed E-state index contributed by atoms with van der Waals surface area (Å²) >= 11 is 5.88. The predicted molar refractivity (Wildman–Crippen MR) is 129 cm³/mol. The molecule has 0 aliphatic carbocycles. The molecule has 2 aliphatic rings. The quantitative estimate of drug-likeness (QED) is 0.600. The van der Waals surface area contributed by atoms with E-state index < -0.39 is 15.9 Å². The lowest BCUT2D eigenvalue weighted by Gasteiger charge is -2.31. The zero-order valence-corrected chi connectivity index (χ0v) is 20.3. The normalized spacial score (nSPS) is 21.2. The summed E-state index contributed by atoms with van der Waals surface area (Å²) in [4.78, 5) is 25.9. The maximum Gasteiger partial charge on any atom is 0.253 e. The van der Waals surface area contributed by atoms with E-state index in [1.54, 1.807) is 24.3 Å². The van der Waals surface area contributed by atoms with Crippen molar-refractivity contribution in [1.82, 2.24) is 9.62 Å². The molecule has 2 fully saturated rings. The Kier molecular flexibility index (Phi) is 7.88. The Bertz CT molecular complexity index is 1130. The molecule has 2 atom stereocenters. The average Bonchev–Trinajstić information content (AvgIpc) is 3.37. The zero-order valence-electron chi connectivity index (χ0n) is 18.7. The Morgan fingerprint density at radius 2 is 1.82 bits per heavy atom. The molecule has 4 rings (SSSR count). The van der Waals surface area contributed by atoms with Gasteiger partial charge in [0.1, 0.15) is 0 Å². The molecule has 0 radical (unpaired) electrons. The van der Waals surface area contributed by atoms with E-state index >= 15 is 0 Å². The van der Waals surface area contributed by atoms with E-state index in [9.17, 15) is 18.0 Å². The van der Waals surface area contributed by atoms with E-state index in [1.807, 2.05) is 0 Å². The van der Waals surface area contributed by atoms with Gasteiger partial charge in [-0.2, -0.15) is 4.31 Å². The maximum absolute atomic E-state index is 13.1. The van der Waals surface area contributed by atoms with Crippen LogP contribution in [0.15, 0.2) is 53.4 Å². The largest absolute Gasteiger partial charge is 0.376 e. The Morgan fingerprint density at radius 1 is 1.06 bits per heavy atom. The molecule has 0 aromatic heterocycles. The number of carbonyl (C=O) groups excluding carboxylic acids is 2. The number of halogens is 1. The van der Waals surface area contributed by atoms with E-state index in [0.717, 1.165) is 12.8 Å². The number of amides is 2. The lowest BCUT2D eigenvalue weighted by molar-refractivity contribution is -0.120. The number of para-hydroxylation sites is 1. The van der Waals surface area contributed by atoms with Gasteiger partial charge in [0.2, 0.25) is 15.9 Å². The first kappa shape index (κ1) is 24.7. The van der Waals surface area contributed by atoms with Crippen molar-refractivity contribution in [1.29, 1.82) is 0 Å². The Labute approximate surface area is 204 Å². The summed E-state index contributed by atoms with van der Waals surface area (Å²) in [6, 6.07) is 12.8. The van der Waals surface area contributed by atoms with Crippen molar-refractivity contribution in [2.24, 2.45) is 5.92 Å². The SMILES string of the molecule is O=C(NC[C@H]1CCCO1)c1ccccc1NC(=O)[C@@H]1CCCN(S(=O)(=O)c2ccc(Cl)cc2)C1. The summed E-state index contributed by atoms with van der Waals surface area (Å²) in [6.07, 6.45) is 3.04. The number of ether oxygens (including phenoxy) is 1. The highest BCUT2D eigenvalue weighted by atomic mass is 35.5. The predicted octanol–water partition coefficient (Wildman–Crippen LogP) is 3.29. The molecular weight excluding hydrogens is 478 g/mol. The van der Waals surface area contributed by atoms with Crippen molar-refractivity contribution in [2.45, 2.75) is 36.7 Å². The number of nitrogens with zero attached hydrogens (tertiary/aromatic N) is 1. The molecular formula is C24H28ClN3O5S. The highest BCUT2D eigenvalue weighted by molar-refractivity contribution is 7.89. The summed E-state index contributed by atoms with van der Waals surface area (Å²) in [6.45, 7) is 1.54. The van der Waals surface area contributed by atoms with Crippen molar-refractivity contribution in [3.05, 3.63) is 59.1 Å². The van der Waals surface area contributed by atoms with E-state index in [-0.39, 0.29) is 29.4 Å². The van der Waals surface area contributed by atoms with Gasteiger partial charge in [0.15, 0.2) is 0 Å². The van der Waals surface area contributed by atoms with Crippen LogP contribution in [0.2, 0.25) is 5.02 Å². The van der Waals surface area contributed by atoms with Crippen LogP contribution in [0.25, 0.3) is 0 Å². The van der Waals surface area contributed by atoms with Crippen LogP contribution in [0.5, 0.6) is 0 Å². The minimum Gasteiger partial charge on any atom is -0.376 e. The fourth-order valence-corrected chi connectivity index (χ4v) is 5.91. The van der Waals surface area contributed by atoms with Crippen LogP contribution in [0.1, 0.15) is 36.0 Å². The molecule has 0 spiro atoms. The van der Waals surface area contributed by atoms with Crippen LogP contribution in [0.4, 0.5) is 5.69 Å². The van der Waals surface area contributed by atoms with Crippen molar-refractivity contribution < 1.29 is 22.7 Å². The molecule has 8 nitrogen and oxygen atoms in total. The van der Waals surface area contributed by atoms with Gasteiger partial charge in [-0.1, -0.05) is 23.7 Å². The molecule has 0 bridgehead atoms. The highest BCUT2D eigenvalue weighted by Gasteiger charge is 2.33. The zero-order chi connectivity index (χ0) is 24.1. The minimum atomic E-state index is -3.74. The smallest absolute Gasteiger partial charge is 0.253 e. The van der Waals surface area contributed by atoms with E-state index in [1.165, 1.54) is 28.6 Å². The van der Waals surface area contributed by atoms with Gasteiger partial charge < -0.3 is 15.4 Å². The van der Waals surface area contributed by atoms with Crippen LogP contribution in [0, 0.1) is 5.92 Å². The molecule has 2 heterocycles. The van der Waals surface area contributed by atoms with Crippen LogP contribution >= 0.6 is 11.6 Å². The third-order valence-corrected chi connectivity index (χ3v) is 8.28. The van der Waals surface area contributed by atoms with Crippen LogP contribution in [-0.2, 0) is 19.6 Å². The third-order valence-electron chi connectivity index (χ3n) is 6.15. The molecule has 10 heteroatoms. The molecule has 2 amide bonds. The number of hydrogen-bond donors (Lipinski definition) is 2. The lowest BCUT2D eigenvalue weighted by Crippen LogP contribution is -2.43. The van der Waals surface area contributed by atoms with Gasteiger partial charge in [0.05, 0.1) is 28.2 Å². The monoisotopic (exact) mass is 505 g/mol. The third kappa shape index (κ3) is 5.78. The van der Waals surface area contributed by atoms with Crippen molar-refractivity contribution in [3.63, 3.8) is 0 Å². The molecule has 0 saturated carbocycles. The lowest BCUT2D eigenvalue weighted by atomic mass is 9.98. The topological polar surface area (TPSA) is 105 Å². The van der Waals surface area contributed by atoms with Crippen LogP contribution in [-0.4, -0.2) is 56.9 Å². The average molecular weight is 506 g/mol. The summed E-state index contributed by atoms with van der Waals surface area (Å²) in [5, 5.41) is 6.16. The summed E-state index contributed by atoms with van der Waals surface area (Å²) in [5.74, 6) is -1.13. The molecule has 2 saturated heterocycles. The van der Waals surface area contributed by atoms with Crippen molar-refractivity contribution >= 4 is 39.1 Å². The Morgan fingerprint density at radius 3 is 2.56 bits per heavy atom. The van der Waals surface area contributed by atoms with E-state index in [2.05, 4.69) is 10.6 Å². The van der Waals surface area contributed by atoms with Gasteiger partial charge in [0, 0.05) is 31.3 Å². The first-order valence-electron chi connectivity index (χ1n) is 11.4. The molecule has 182 valence electrons. The van der Waals surface area contributed by atoms with E-state index in [0.29, 0.717) is 48.8 Å². The van der Waals surface area contributed by atoms with Gasteiger partial charge in [-0.15, -0.1) is 0 Å². The molecule has 0 unspecified atom stereocenters. The number of anilines is 1. The number of piperidine rings is 1. The fraction of sp³-hybridized carbons (Fsp3) is 0.417. The number of carbonyl (C=O) groups is 2. The van der Waals surface area contributed by atoms with E-state index in [4.69, 9.17) is 16.3 Å². The fourth-order valence-electron chi connectivity index (χ4n) is 4.26. The summed E-state index contributed by atoms with van der Waals surface area (Å²) < 4.78 is 33.0. The maximum atomic E-state index is 13.1. The second kappa shape index (κ2) is 10.9. The molecule has 2 aliphatic heterocycles. The van der Waals surface area contributed by atoms with Crippen molar-refractivity contribution in [2.75, 3.05) is 31.6 Å². The Balaban J connectivity index is 1.41. The molecule has 2 aromatic carbocycles. The summed E-state index contributed by atoms with van der Waals surface area (Å²) in [7, 11) is -3.74. The minimum absolute atomic E-state index is 0.0153. The van der Waals surface area contributed by atoms with Gasteiger partial charge in [-0.3, -0.25) is 9.59 Å². The number of nitrogens with one attached hydrogen (secondary N) is 2. The van der Waals surface area contributed by atoms with Gasteiger partial charge in [0.25, 0.3) is 5.91 Å². The van der Waals surface area contributed by atoms with Gasteiger partial charge in [-0.25, -0.2) is 8.42 Å². The molecule has 2 aromatic rings. The number of benzene rings is 2. The van der Waals surface area contributed by atoms with Crippen LogP contribution < -0.4 is 10.6 Å². The van der Waals surface area contributed by atoms with Crippen LogP contribution in [0.3, 0.4) is 0 Å². The number of hydrogen-bond acceptors (Lipinski definition) is 5. The highest BCUT2D eigenvalue weighted by Crippen LogP contribution is 2.26. The van der Waals surface area contributed by atoms with Gasteiger partial charge in [-0.05, 0) is 62.1 Å². The second-order valence-electron chi connectivity index (χ2n) is 8.54. The second-order valence-corrected chi connectivity index (χ2v) is 10.9. The number of sulfonamides is 1. The van der Waals surface area contributed by atoms with Crippen molar-refractivity contribution in [3.8, 4) is 0 Å². The van der Waals surface area contributed by atoms with Gasteiger partial charge >= 0.3 is 0 Å². The first-order valence-corrected chi connectivity index (χ1v) is 13.2. The Hall–Kier alpha value is -2.46. The molecule has 34 heavy (non-hydrogen) atoms. The molecule has 2 N–H and O–H groups in total.